The standard InChI is InChI=1S/C18H25ClN2O4/c1-4-25-18(23)13-6-5-9-21(11-13)12(2)17(22)20-15-10-14(19)7-8-16(15)24-3/h7-8,10,12-13H,4-6,9,11H2,1-3H3,(H,20,22)/t12-,13-/m0/s1. The molecule has 1 aromatic carbocycles. The van der Waals surface area contributed by atoms with Crippen LogP contribution in [0.25, 0.3) is 0 Å². The summed E-state index contributed by atoms with van der Waals surface area (Å²) in [5, 5.41) is 3.38. The van der Waals surface area contributed by atoms with E-state index in [1.165, 1.54) is 7.11 Å². The van der Waals surface area contributed by atoms with Gasteiger partial charge in [-0.05, 0) is 51.4 Å². The van der Waals surface area contributed by atoms with Gasteiger partial charge in [0, 0.05) is 11.6 Å². The van der Waals surface area contributed by atoms with Crippen LogP contribution in [0, 0.1) is 5.92 Å². The van der Waals surface area contributed by atoms with E-state index in [-0.39, 0.29) is 23.8 Å². The molecule has 0 aromatic heterocycles. The third kappa shape index (κ3) is 5.09. The second-order valence-corrected chi connectivity index (χ2v) is 6.53. The molecule has 0 saturated carbocycles. The lowest BCUT2D eigenvalue weighted by Gasteiger charge is -2.35. The molecule has 25 heavy (non-hydrogen) atoms. The maximum Gasteiger partial charge on any atom is 0.310 e. The summed E-state index contributed by atoms with van der Waals surface area (Å²) in [6.07, 6.45) is 1.66. The van der Waals surface area contributed by atoms with Crippen LogP contribution in [0.3, 0.4) is 0 Å². The normalized spacial score (nSPS) is 19.1. The van der Waals surface area contributed by atoms with Gasteiger partial charge in [0.15, 0.2) is 0 Å². The van der Waals surface area contributed by atoms with Crippen molar-refractivity contribution in [1.82, 2.24) is 4.90 Å². The molecule has 0 unspecified atom stereocenters. The first-order valence-electron chi connectivity index (χ1n) is 8.51. The van der Waals surface area contributed by atoms with Crippen LogP contribution in [-0.2, 0) is 14.3 Å². The molecule has 1 N–H and O–H groups in total. The molecule has 0 bridgehead atoms. The van der Waals surface area contributed by atoms with Crippen molar-refractivity contribution >= 4 is 29.2 Å². The van der Waals surface area contributed by atoms with Crippen LogP contribution in [0.4, 0.5) is 5.69 Å². The van der Waals surface area contributed by atoms with Crippen molar-refractivity contribution in [3.8, 4) is 5.75 Å². The number of benzene rings is 1. The lowest BCUT2D eigenvalue weighted by molar-refractivity contribution is -0.150. The van der Waals surface area contributed by atoms with Gasteiger partial charge in [-0.2, -0.15) is 0 Å². The predicted octanol–water partition coefficient (Wildman–Crippen LogP) is 2.95. The summed E-state index contributed by atoms with van der Waals surface area (Å²) >= 11 is 6.00. The van der Waals surface area contributed by atoms with E-state index in [1.54, 1.807) is 25.1 Å². The van der Waals surface area contributed by atoms with E-state index in [2.05, 4.69) is 5.32 Å². The molecule has 1 aromatic rings. The molecule has 7 heteroatoms. The molecular formula is C18H25ClN2O4. The van der Waals surface area contributed by atoms with Crippen LogP contribution in [0.2, 0.25) is 5.02 Å². The summed E-state index contributed by atoms with van der Waals surface area (Å²) in [6, 6.07) is 4.69. The van der Waals surface area contributed by atoms with Crippen molar-refractivity contribution in [1.29, 1.82) is 0 Å². The van der Waals surface area contributed by atoms with Crippen molar-refractivity contribution in [2.75, 3.05) is 32.1 Å². The molecule has 1 saturated heterocycles. The molecule has 1 aliphatic rings. The average Bonchev–Trinajstić information content (AvgIpc) is 2.61. The lowest BCUT2D eigenvalue weighted by Crippen LogP contribution is -2.48. The first-order valence-corrected chi connectivity index (χ1v) is 8.89. The molecule has 1 aliphatic heterocycles. The largest absolute Gasteiger partial charge is 0.495 e. The van der Waals surface area contributed by atoms with Crippen LogP contribution < -0.4 is 10.1 Å². The summed E-state index contributed by atoms with van der Waals surface area (Å²) in [5.74, 6) is 0.0269. The number of amides is 1. The number of carbonyl (C=O) groups is 2. The van der Waals surface area contributed by atoms with Crippen molar-refractivity contribution < 1.29 is 19.1 Å². The van der Waals surface area contributed by atoms with Crippen LogP contribution in [0.1, 0.15) is 26.7 Å². The average molecular weight is 369 g/mol. The highest BCUT2D eigenvalue weighted by Gasteiger charge is 2.31. The highest BCUT2D eigenvalue weighted by Crippen LogP contribution is 2.28. The SMILES string of the molecule is CCOC(=O)[C@H]1CCCN([C@@H](C)C(=O)Nc2cc(Cl)ccc2OC)C1. The molecule has 2 atom stereocenters. The minimum Gasteiger partial charge on any atom is -0.495 e. The monoisotopic (exact) mass is 368 g/mol. The Bertz CT molecular complexity index is 623. The first-order chi connectivity index (χ1) is 12.0. The molecule has 1 fully saturated rings. The molecule has 0 radical (unpaired) electrons. The van der Waals surface area contributed by atoms with Gasteiger partial charge < -0.3 is 14.8 Å². The van der Waals surface area contributed by atoms with E-state index in [1.807, 2.05) is 11.8 Å². The number of nitrogens with one attached hydrogen (secondary N) is 1. The van der Waals surface area contributed by atoms with E-state index < -0.39 is 0 Å². The van der Waals surface area contributed by atoms with E-state index in [0.29, 0.717) is 29.6 Å². The number of methoxy groups -OCH3 is 1. The molecule has 0 spiro atoms. The van der Waals surface area contributed by atoms with Gasteiger partial charge in [0.05, 0.1) is 31.4 Å². The second-order valence-electron chi connectivity index (χ2n) is 6.10. The predicted molar refractivity (Wildman–Crippen MR) is 97.0 cm³/mol. The Balaban J connectivity index is 2.02. The number of anilines is 1. The topological polar surface area (TPSA) is 67.9 Å². The summed E-state index contributed by atoms with van der Waals surface area (Å²) in [7, 11) is 1.54. The van der Waals surface area contributed by atoms with Gasteiger partial charge >= 0.3 is 5.97 Å². The number of rotatable bonds is 6. The molecule has 1 amide bonds. The van der Waals surface area contributed by atoms with Crippen LogP contribution >= 0.6 is 11.6 Å². The Labute approximate surface area is 153 Å². The molecule has 2 rings (SSSR count). The quantitative estimate of drug-likeness (QED) is 0.782. The van der Waals surface area contributed by atoms with E-state index in [4.69, 9.17) is 21.1 Å². The number of hydrogen-bond donors (Lipinski definition) is 1. The fourth-order valence-electron chi connectivity index (χ4n) is 2.99. The maximum absolute atomic E-state index is 12.6. The maximum atomic E-state index is 12.6. The summed E-state index contributed by atoms with van der Waals surface area (Å²) in [5.41, 5.74) is 0.533. The Morgan fingerprint density at radius 3 is 2.88 bits per heavy atom. The number of esters is 1. The minimum absolute atomic E-state index is 0.162. The van der Waals surface area contributed by atoms with E-state index >= 15 is 0 Å². The fourth-order valence-corrected chi connectivity index (χ4v) is 3.16. The summed E-state index contributed by atoms with van der Waals surface area (Å²) < 4.78 is 10.4. The smallest absolute Gasteiger partial charge is 0.310 e. The Kier molecular flexibility index (Phi) is 7.08. The number of likely N-dealkylation sites (tertiary alicyclic amines) is 1. The number of halogens is 1. The lowest BCUT2D eigenvalue weighted by atomic mass is 9.97. The Morgan fingerprint density at radius 2 is 2.20 bits per heavy atom. The highest BCUT2D eigenvalue weighted by molar-refractivity contribution is 6.31. The van der Waals surface area contributed by atoms with Gasteiger partial charge in [0.2, 0.25) is 5.91 Å². The van der Waals surface area contributed by atoms with Gasteiger partial charge in [0.25, 0.3) is 0 Å². The zero-order chi connectivity index (χ0) is 18.4. The van der Waals surface area contributed by atoms with Crippen LogP contribution in [0.15, 0.2) is 18.2 Å². The summed E-state index contributed by atoms with van der Waals surface area (Å²) in [6.45, 7) is 5.31. The zero-order valence-corrected chi connectivity index (χ0v) is 15.6. The van der Waals surface area contributed by atoms with Crippen LogP contribution in [0.5, 0.6) is 5.75 Å². The fraction of sp³-hybridized carbons (Fsp3) is 0.556. The zero-order valence-electron chi connectivity index (χ0n) is 14.9. The number of carbonyl (C=O) groups excluding carboxylic acids is 2. The number of ether oxygens (including phenoxy) is 2. The third-order valence-corrected chi connectivity index (χ3v) is 4.65. The van der Waals surface area contributed by atoms with Gasteiger partial charge in [0.1, 0.15) is 5.75 Å². The van der Waals surface area contributed by atoms with Crippen molar-refractivity contribution in [3.05, 3.63) is 23.2 Å². The van der Waals surface area contributed by atoms with Crippen molar-refractivity contribution in [2.24, 2.45) is 5.92 Å². The molecule has 1 heterocycles. The number of nitrogens with zero attached hydrogens (tertiary/aromatic N) is 1. The van der Waals surface area contributed by atoms with Crippen LogP contribution in [-0.4, -0.2) is 49.6 Å². The van der Waals surface area contributed by atoms with E-state index in [0.717, 1.165) is 19.4 Å². The van der Waals surface area contributed by atoms with Gasteiger partial charge in [-0.15, -0.1) is 0 Å². The van der Waals surface area contributed by atoms with Gasteiger partial charge in [-0.25, -0.2) is 0 Å². The second kappa shape index (κ2) is 9.06. The van der Waals surface area contributed by atoms with Gasteiger partial charge in [-0.3, -0.25) is 14.5 Å². The molecular weight excluding hydrogens is 344 g/mol. The van der Waals surface area contributed by atoms with Crippen molar-refractivity contribution in [2.45, 2.75) is 32.7 Å². The van der Waals surface area contributed by atoms with Gasteiger partial charge in [-0.1, -0.05) is 11.6 Å². The van der Waals surface area contributed by atoms with Crippen molar-refractivity contribution in [3.63, 3.8) is 0 Å². The number of hydrogen-bond acceptors (Lipinski definition) is 5. The van der Waals surface area contributed by atoms with E-state index in [9.17, 15) is 9.59 Å². The highest BCUT2D eigenvalue weighted by atomic mass is 35.5. The molecule has 138 valence electrons. The Hall–Kier alpha value is -1.79. The third-order valence-electron chi connectivity index (χ3n) is 4.42. The summed E-state index contributed by atoms with van der Waals surface area (Å²) in [4.78, 5) is 26.6. The number of piperidine rings is 1. The molecule has 0 aliphatic carbocycles. The Morgan fingerprint density at radius 1 is 1.44 bits per heavy atom. The molecule has 6 nitrogen and oxygen atoms in total. The minimum atomic E-state index is -0.374. The first kappa shape index (κ1) is 19.5.